The molecule has 2 aromatic carbocycles. The second-order valence-corrected chi connectivity index (χ2v) is 6.51. The molecule has 0 bridgehead atoms. The SMILES string of the molecule is CC1=C(C(=O)Nc2cccc(Cl)c2)C(c2c(F)cccc2F)NC(=S)N1. The summed E-state index contributed by atoms with van der Waals surface area (Å²) in [6.45, 7) is 1.62. The lowest BCUT2D eigenvalue weighted by molar-refractivity contribution is -0.113. The van der Waals surface area contributed by atoms with Crippen LogP contribution in [0.5, 0.6) is 0 Å². The molecule has 8 heteroatoms. The third kappa shape index (κ3) is 3.68. The number of carbonyl (C=O) groups excluding carboxylic acids is 1. The second kappa shape index (κ2) is 7.39. The van der Waals surface area contributed by atoms with Crippen LogP contribution in [0.1, 0.15) is 18.5 Å². The van der Waals surface area contributed by atoms with Crippen molar-refractivity contribution >= 4 is 40.5 Å². The quantitative estimate of drug-likeness (QED) is 0.689. The number of thiocarbonyl (C=S) groups is 1. The predicted molar refractivity (Wildman–Crippen MR) is 101 cm³/mol. The fraction of sp³-hybridized carbons (Fsp3) is 0.111. The minimum Gasteiger partial charge on any atom is -0.351 e. The first-order valence-corrected chi connectivity index (χ1v) is 8.44. The van der Waals surface area contributed by atoms with Crippen LogP contribution in [0.2, 0.25) is 5.02 Å². The van der Waals surface area contributed by atoms with Crippen LogP contribution in [-0.4, -0.2) is 11.0 Å². The van der Waals surface area contributed by atoms with Gasteiger partial charge in [-0.3, -0.25) is 4.79 Å². The molecule has 0 saturated heterocycles. The second-order valence-electron chi connectivity index (χ2n) is 5.67. The Morgan fingerprint density at radius 2 is 1.85 bits per heavy atom. The summed E-state index contributed by atoms with van der Waals surface area (Å²) in [6.07, 6.45) is 0. The number of carbonyl (C=O) groups is 1. The highest BCUT2D eigenvalue weighted by Gasteiger charge is 2.33. The lowest BCUT2D eigenvalue weighted by Gasteiger charge is -2.30. The van der Waals surface area contributed by atoms with E-state index in [2.05, 4.69) is 16.0 Å². The fourth-order valence-corrected chi connectivity index (χ4v) is 3.22. The number of halogens is 3. The van der Waals surface area contributed by atoms with Gasteiger partial charge in [0.2, 0.25) is 0 Å². The molecule has 0 radical (unpaired) electrons. The van der Waals surface area contributed by atoms with E-state index in [-0.39, 0.29) is 16.2 Å². The van der Waals surface area contributed by atoms with Crippen LogP contribution in [0.15, 0.2) is 53.7 Å². The maximum Gasteiger partial charge on any atom is 0.255 e. The van der Waals surface area contributed by atoms with E-state index < -0.39 is 23.6 Å². The molecule has 1 heterocycles. The van der Waals surface area contributed by atoms with Crippen LogP contribution in [0.4, 0.5) is 14.5 Å². The van der Waals surface area contributed by atoms with Crippen LogP contribution in [0.3, 0.4) is 0 Å². The van der Waals surface area contributed by atoms with Gasteiger partial charge in [0.15, 0.2) is 5.11 Å². The lowest BCUT2D eigenvalue weighted by Crippen LogP contribution is -2.46. The molecule has 1 amide bonds. The number of rotatable bonds is 3. The highest BCUT2D eigenvalue weighted by molar-refractivity contribution is 7.80. The van der Waals surface area contributed by atoms with Crippen molar-refractivity contribution in [1.29, 1.82) is 0 Å². The molecule has 0 fully saturated rings. The number of benzene rings is 2. The summed E-state index contributed by atoms with van der Waals surface area (Å²) in [7, 11) is 0. The Morgan fingerprint density at radius 1 is 1.19 bits per heavy atom. The normalized spacial score (nSPS) is 16.8. The maximum absolute atomic E-state index is 14.3. The molecular weight excluding hydrogens is 380 g/mol. The number of hydrogen-bond donors (Lipinski definition) is 3. The first-order valence-electron chi connectivity index (χ1n) is 7.66. The number of allylic oxidation sites excluding steroid dienone is 1. The van der Waals surface area contributed by atoms with Gasteiger partial charge in [-0.1, -0.05) is 23.7 Å². The molecule has 3 N–H and O–H groups in total. The van der Waals surface area contributed by atoms with Gasteiger partial charge in [-0.05, 0) is 49.5 Å². The Bertz CT molecular complexity index is 912. The zero-order valence-corrected chi connectivity index (χ0v) is 15.1. The number of anilines is 1. The van der Waals surface area contributed by atoms with Gasteiger partial charge in [0, 0.05) is 16.4 Å². The minimum absolute atomic E-state index is 0.127. The molecular formula is C18H14ClF2N3OS. The highest BCUT2D eigenvalue weighted by Crippen LogP contribution is 2.31. The zero-order chi connectivity index (χ0) is 18.8. The molecule has 0 aliphatic carbocycles. The van der Waals surface area contributed by atoms with Gasteiger partial charge in [0.05, 0.1) is 17.2 Å². The van der Waals surface area contributed by atoms with E-state index in [4.69, 9.17) is 23.8 Å². The molecule has 2 aromatic rings. The Morgan fingerprint density at radius 3 is 2.50 bits per heavy atom. The monoisotopic (exact) mass is 393 g/mol. The van der Waals surface area contributed by atoms with Crippen molar-refractivity contribution in [3.05, 3.63) is 76.0 Å². The van der Waals surface area contributed by atoms with E-state index in [1.54, 1.807) is 31.2 Å². The molecule has 1 aliphatic heterocycles. The van der Waals surface area contributed by atoms with Crippen LogP contribution in [0.25, 0.3) is 0 Å². The zero-order valence-electron chi connectivity index (χ0n) is 13.6. The molecule has 26 heavy (non-hydrogen) atoms. The molecule has 1 aliphatic rings. The minimum atomic E-state index is -1.07. The average molecular weight is 394 g/mol. The topological polar surface area (TPSA) is 53.2 Å². The van der Waals surface area contributed by atoms with Crippen molar-refractivity contribution in [3.8, 4) is 0 Å². The van der Waals surface area contributed by atoms with Gasteiger partial charge >= 0.3 is 0 Å². The van der Waals surface area contributed by atoms with Crippen molar-refractivity contribution in [2.24, 2.45) is 0 Å². The maximum atomic E-state index is 14.3. The van der Waals surface area contributed by atoms with Gasteiger partial charge in [0.25, 0.3) is 5.91 Å². The van der Waals surface area contributed by atoms with Crippen LogP contribution in [0, 0.1) is 11.6 Å². The smallest absolute Gasteiger partial charge is 0.255 e. The van der Waals surface area contributed by atoms with E-state index in [0.717, 1.165) is 12.1 Å². The van der Waals surface area contributed by atoms with Crippen molar-refractivity contribution in [1.82, 2.24) is 10.6 Å². The average Bonchev–Trinajstić information content (AvgIpc) is 2.54. The molecule has 1 atom stereocenters. The van der Waals surface area contributed by atoms with Crippen LogP contribution in [-0.2, 0) is 4.79 Å². The largest absolute Gasteiger partial charge is 0.351 e. The Labute approximate surface area is 159 Å². The lowest BCUT2D eigenvalue weighted by atomic mass is 9.94. The summed E-state index contributed by atoms with van der Waals surface area (Å²) in [5, 5.41) is 8.90. The molecule has 134 valence electrons. The van der Waals surface area contributed by atoms with E-state index in [1.807, 2.05) is 0 Å². The third-order valence-electron chi connectivity index (χ3n) is 3.88. The predicted octanol–water partition coefficient (Wildman–Crippen LogP) is 4.05. The molecule has 0 spiro atoms. The van der Waals surface area contributed by atoms with Crippen molar-refractivity contribution in [2.75, 3.05) is 5.32 Å². The molecule has 0 saturated carbocycles. The van der Waals surface area contributed by atoms with E-state index >= 15 is 0 Å². The van der Waals surface area contributed by atoms with Gasteiger partial charge in [-0.15, -0.1) is 0 Å². The van der Waals surface area contributed by atoms with Crippen molar-refractivity contribution in [2.45, 2.75) is 13.0 Å². The van der Waals surface area contributed by atoms with E-state index in [9.17, 15) is 13.6 Å². The molecule has 4 nitrogen and oxygen atoms in total. The number of nitrogens with one attached hydrogen (secondary N) is 3. The third-order valence-corrected chi connectivity index (χ3v) is 4.34. The Kier molecular flexibility index (Phi) is 5.20. The summed E-state index contributed by atoms with van der Waals surface area (Å²) in [6, 6.07) is 9.04. The van der Waals surface area contributed by atoms with Crippen LogP contribution < -0.4 is 16.0 Å². The number of hydrogen-bond acceptors (Lipinski definition) is 2. The van der Waals surface area contributed by atoms with Gasteiger partial charge in [-0.2, -0.15) is 0 Å². The number of amides is 1. The molecule has 0 aromatic heterocycles. The summed E-state index contributed by atoms with van der Waals surface area (Å²) < 4.78 is 28.6. The van der Waals surface area contributed by atoms with Gasteiger partial charge < -0.3 is 16.0 Å². The fourth-order valence-electron chi connectivity index (χ4n) is 2.76. The standard InChI is InChI=1S/C18H14ClF2N3OS/c1-9-14(17(25)23-11-5-2-4-10(19)8-11)16(24-18(26)22-9)15-12(20)6-3-7-13(15)21/h2-8,16H,1H3,(H,23,25)(H2,22,24,26). The van der Waals surface area contributed by atoms with Crippen molar-refractivity contribution < 1.29 is 13.6 Å². The van der Waals surface area contributed by atoms with Crippen molar-refractivity contribution in [3.63, 3.8) is 0 Å². The van der Waals surface area contributed by atoms with E-state index in [0.29, 0.717) is 16.4 Å². The molecule has 3 rings (SSSR count). The first-order chi connectivity index (χ1) is 12.4. The van der Waals surface area contributed by atoms with E-state index in [1.165, 1.54) is 6.07 Å². The van der Waals surface area contributed by atoms with Gasteiger partial charge in [0.1, 0.15) is 11.6 Å². The van der Waals surface area contributed by atoms with Gasteiger partial charge in [-0.25, -0.2) is 8.78 Å². The summed E-state index contributed by atoms with van der Waals surface area (Å²) in [5.74, 6) is -2.07. The highest BCUT2D eigenvalue weighted by atomic mass is 35.5. The molecule has 1 unspecified atom stereocenters. The Balaban J connectivity index is 2.02. The summed E-state index contributed by atoms with van der Waals surface area (Å²) in [5.41, 5.74) is 0.721. The Hall–Kier alpha value is -2.51. The summed E-state index contributed by atoms with van der Waals surface area (Å²) in [4.78, 5) is 12.8. The van der Waals surface area contributed by atoms with Crippen LogP contribution >= 0.6 is 23.8 Å². The first kappa shape index (κ1) is 18.3. The summed E-state index contributed by atoms with van der Waals surface area (Å²) >= 11 is 11.0.